The second-order valence-electron chi connectivity index (χ2n) is 10.9. The van der Waals surface area contributed by atoms with Crippen molar-refractivity contribution in [3.05, 3.63) is 0 Å². The molecule has 0 amide bonds. The van der Waals surface area contributed by atoms with Crippen LogP contribution in [0.4, 0.5) is 0 Å². The van der Waals surface area contributed by atoms with Crippen molar-refractivity contribution in [2.24, 2.45) is 34.5 Å². The highest BCUT2D eigenvalue weighted by molar-refractivity contribution is 5.06. The summed E-state index contributed by atoms with van der Waals surface area (Å²) in [5.41, 5.74) is 1.66. The van der Waals surface area contributed by atoms with Crippen LogP contribution in [0.5, 0.6) is 0 Å². The van der Waals surface area contributed by atoms with E-state index in [0.717, 1.165) is 34.5 Å². The Balaban J connectivity index is 1.23. The second-order valence-corrected chi connectivity index (χ2v) is 10.9. The van der Waals surface area contributed by atoms with Crippen molar-refractivity contribution in [2.75, 3.05) is 0 Å². The predicted molar refractivity (Wildman–Crippen MR) is 104 cm³/mol. The van der Waals surface area contributed by atoms with Crippen LogP contribution in [0.25, 0.3) is 0 Å². The largest absolute Gasteiger partial charge is 0.0654 e. The van der Waals surface area contributed by atoms with Gasteiger partial charge in [-0.1, -0.05) is 39.5 Å². The van der Waals surface area contributed by atoms with E-state index in [4.69, 9.17) is 0 Å². The maximum atomic E-state index is 2.47. The number of hydrogen-bond donors (Lipinski definition) is 0. The van der Waals surface area contributed by atoms with Crippen LogP contribution >= 0.6 is 0 Å². The molecule has 138 valence electrons. The van der Waals surface area contributed by atoms with Crippen molar-refractivity contribution in [3.8, 4) is 0 Å². The van der Waals surface area contributed by atoms with Crippen molar-refractivity contribution >= 4 is 0 Å². The molecule has 0 N–H and O–H groups in total. The van der Waals surface area contributed by atoms with Crippen LogP contribution in [-0.2, 0) is 0 Å². The first kappa shape index (κ1) is 17.4. The zero-order chi connectivity index (χ0) is 16.6. The fraction of sp³-hybridized carbons (Fsp3) is 1.00. The van der Waals surface area contributed by atoms with Gasteiger partial charge in [0.25, 0.3) is 0 Å². The summed E-state index contributed by atoms with van der Waals surface area (Å²) in [6.45, 7) is 4.84. The smallest absolute Gasteiger partial charge is 0.0287 e. The monoisotopic (exact) mass is 330 g/mol. The Morgan fingerprint density at radius 2 is 1.17 bits per heavy atom. The summed E-state index contributed by atoms with van der Waals surface area (Å²) < 4.78 is 0. The maximum Gasteiger partial charge on any atom is -0.0287 e. The van der Waals surface area contributed by atoms with Gasteiger partial charge in [0.2, 0.25) is 0 Å². The summed E-state index contributed by atoms with van der Waals surface area (Å²) in [7, 11) is 0. The molecule has 0 aliphatic heterocycles. The molecular formula is C24H42. The molecule has 0 atom stereocenters. The molecule has 0 aromatic rings. The second kappa shape index (κ2) is 6.96. The van der Waals surface area contributed by atoms with Crippen LogP contribution < -0.4 is 0 Å². The Kier molecular flexibility index (Phi) is 5.05. The highest BCUT2D eigenvalue weighted by Gasteiger charge is 2.55. The van der Waals surface area contributed by atoms with E-state index in [1.807, 2.05) is 0 Å². The van der Waals surface area contributed by atoms with E-state index in [-0.39, 0.29) is 0 Å². The van der Waals surface area contributed by atoms with Gasteiger partial charge in [-0.15, -0.1) is 0 Å². The van der Waals surface area contributed by atoms with E-state index in [1.54, 1.807) is 77.0 Å². The van der Waals surface area contributed by atoms with Crippen molar-refractivity contribution in [1.82, 2.24) is 0 Å². The molecule has 0 aromatic heterocycles. The maximum absolute atomic E-state index is 2.47. The van der Waals surface area contributed by atoms with Crippen LogP contribution in [0, 0.1) is 34.5 Å². The van der Waals surface area contributed by atoms with Crippen molar-refractivity contribution in [2.45, 2.75) is 117 Å². The SMILES string of the molecule is CCCC1CCC2(CC1)CC1(CCC(C3CCC(C)CC3)CC1)C2. The quantitative estimate of drug-likeness (QED) is 0.496. The lowest BCUT2D eigenvalue weighted by Gasteiger charge is -2.61. The summed E-state index contributed by atoms with van der Waals surface area (Å²) in [6, 6.07) is 0. The average molecular weight is 331 g/mol. The van der Waals surface area contributed by atoms with E-state index >= 15 is 0 Å². The minimum atomic E-state index is 0.829. The minimum Gasteiger partial charge on any atom is -0.0654 e. The van der Waals surface area contributed by atoms with Gasteiger partial charge >= 0.3 is 0 Å². The summed E-state index contributed by atoms with van der Waals surface area (Å²) in [4.78, 5) is 0. The first-order valence-corrected chi connectivity index (χ1v) is 11.6. The van der Waals surface area contributed by atoms with Crippen LogP contribution in [0.1, 0.15) is 117 Å². The lowest BCUT2D eigenvalue weighted by atomic mass is 9.43. The van der Waals surface area contributed by atoms with Crippen LogP contribution in [0.15, 0.2) is 0 Å². The number of rotatable bonds is 3. The molecule has 4 saturated carbocycles. The molecule has 4 rings (SSSR count). The van der Waals surface area contributed by atoms with E-state index in [1.165, 1.54) is 25.7 Å². The standard InChI is InChI=1S/C24H42/c1-3-4-20-9-13-23(14-10-20)17-24(18-23)15-11-22(12-16-24)21-7-5-19(2)6-8-21/h19-22H,3-18H2,1-2H3. The van der Waals surface area contributed by atoms with Gasteiger partial charge in [-0.25, -0.2) is 0 Å². The van der Waals surface area contributed by atoms with E-state index in [0.29, 0.717) is 0 Å². The third kappa shape index (κ3) is 3.45. The third-order valence-corrected chi connectivity index (χ3v) is 9.18. The highest BCUT2D eigenvalue weighted by atomic mass is 14.6. The Labute approximate surface area is 151 Å². The molecule has 0 aromatic carbocycles. The molecular weight excluding hydrogens is 288 g/mol. The fourth-order valence-corrected chi connectivity index (χ4v) is 7.71. The predicted octanol–water partition coefficient (Wildman–Crippen LogP) is 7.76. The molecule has 4 aliphatic rings. The molecule has 4 aliphatic carbocycles. The van der Waals surface area contributed by atoms with Crippen LogP contribution in [0.2, 0.25) is 0 Å². The zero-order valence-electron chi connectivity index (χ0n) is 16.6. The van der Waals surface area contributed by atoms with Gasteiger partial charge in [-0.3, -0.25) is 0 Å². The molecule has 0 heteroatoms. The molecule has 0 nitrogen and oxygen atoms in total. The van der Waals surface area contributed by atoms with Gasteiger partial charge in [0.1, 0.15) is 0 Å². The van der Waals surface area contributed by atoms with Gasteiger partial charge < -0.3 is 0 Å². The highest BCUT2D eigenvalue weighted by Crippen LogP contribution is 2.67. The zero-order valence-corrected chi connectivity index (χ0v) is 16.6. The lowest BCUT2D eigenvalue weighted by molar-refractivity contribution is -0.105. The van der Waals surface area contributed by atoms with Crippen molar-refractivity contribution in [1.29, 1.82) is 0 Å². The van der Waals surface area contributed by atoms with Gasteiger partial charge in [0.05, 0.1) is 0 Å². The van der Waals surface area contributed by atoms with E-state index in [2.05, 4.69) is 13.8 Å². The number of hydrogen-bond acceptors (Lipinski definition) is 0. The topological polar surface area (TPSA) is 0 Å². The molecule has 0 saturated heterocycles. The third-order valence-electron chi connectivity index (χ3n) is 9.18. The molecule has 24 heavy (non-hydrogen) atoms. The van der Waals surface area contributed by atoms with Crippen LogP contribution in [0.3, 0.4) is 0 Å². The molecule has 0 bridgehead atoms. The Bertz CT molecular complexity index is 388. The van der Waals surface area contributed by atoms with Crippen molar-refractivity contribution in [3.63, 3.8) is 0 Å². The van der Waals surface area contributed by atoms with Gasteiger partial charge in [0, 0.05) is 0 Å². The van der Waals surface area contributed by atoms with E-state index < -0.39 is 0 Å². The van der Waals surface area contributed by atoms with Gasteiger partial charge in [-0.2, -0.15) is 0 Å². The molecule has 0 heterocycles. The lowest BCUT2D eigenvalue weighted by Crippen LogP contribution is -2.50. The first-order valence-electron chi connectivity index (χ1n) is 11.6. The Morgan fingerprint density at radius 1 is 0.667 bits per heavy atom. The fourth-order valence-electron chi connectivity index (χ4n) is 7.71. The molecule has 2 spiro atoms. The minimum absolute atomic E-state index is 0.829. The Morgan fingerprint density at radius 3 is 1.71 bits per heavy atom. The first-order chi connectivity index (χ1) is 11.6. The van der Waals surface area contributed by atoms with Crippen molar-refractivity contribution < 1.29 is 0 Å². The Hall–Kier alpha value is 0. The summed E-state index contributed by atoms with van der Waals surface area (Å²) in [5, 5.41) is 0. The normalized spacial score (nSPS) is 49.2. The average Bonchev–Trinajstić information content (AvgIpc) is 2.58. The van der Waals surface area contributed by atoms with Gasteiger partial charge in [-0.05, 0) is 112 Å². The van der Waals surface area contributed by atoms with E-state index in [9.17, 15) is 0 Å². The van der Waals surface area contributed by atoms with Gasteiger partial charge in [0.15, 0.2) is 0 Å². The molecule has 0 unspecified atom stereocenters. The summed E-state index contributed by atoms with van der Waals surface area (Å²) in [5.74, 6) is 4.32. The van der Waals surface area contributed by atoms with Crippen LogP contribution in [-0.4, -0.2) is 0 Å². The molecule has 0 radical (unpaired) electrons. The summed E-state index contributed by atoms with van der Waals surface area (Å²) in [6.07, 6.45) is 25.0. The molecule has 4 fully saturated rings. The summed E-state index contributed by atoms with van der Waals surface area (Å²) >= 11 is 0.